The third-order valence-electron chi connectivity index (χ3n) is 3.38. The van der Waals surface area contributed by atoms with Crippen LogP contribution in [0.1, 0.15) is 11.1 Å². The highest BCUT2D eigenvalue weighted by molar-refractivity contribution is 8.00. The van der Waals surface area contributed by atoms with Gasteiger partial charge in [0.1, 0.15) is 0 Å². The fraction of sp³-hybridized carbons (Fsp3) is 0.250. The second kappa shape index (κ2) is 5.07. The number of aryl methyl sites for hydroxylation is 1. The van der Waals surface area contributed by atoms with Gasteiger partial charge in [-0.2, -0.15) is 0 Å². The number of hydrogen-bond donors (Lipinski definition) is 1. The minimum atomic E-state index is 0.655. The average Bonchev–Trinajstić information content (AvgIpc) is 2.80. The molecule has 1 atom stereocenters. The monoisotopic (exact) mass is 255 g/mol. The van der Waals surface area contributed by atoms with Gasteiger partial charge in [0.15, 0.2) is 0 Å². The molecule has 0 aliphatic carbocycles. The summed E-state index contributed by atoms with van der Waals surface area (Å²) in [5, 5.41) is 4.22. The molecular weight excluding hydrogens is 238 g/mol. The molecule has 3 rings (SSSR count). The van der Waals surface area contributed by atoms with E-state index in [1.165, 1.54) is 28.1 Å². The van der Waals surface area contributed by atoms with Crippen LogP contribution in [0.2, 0.25) is 0 Å². The lowest BCUT2D eigenvalue weighted by molar-refractivity contribution is 0.898. The molecule has 0 saturated carbocycles. The van der Waals surface area contributed by atoms with Crippen LogP contribution in [0.5, 0.6) is 0 Å². The number of thioether (sulfide) groups is 1. The van der Waals surface area contributed by atoms with Crippen LogP contribution in [0.3, 0.4) is 0 Å². The Bertz CT molecular complexity index is 525. The molecule has 1 heterocycles. The molecule has 0 bridgehead atoms. The zero-order valence-corrected chi connectivity index (χ0v) is 11.3. The number of hydrogen-bond acceptors (Lipinski definition) is 2. The Kier molecular flexibility index (Phi) is 3.28. The summed E-state index contributed by atoms with van der Waals surface area (Å²) in [6.45, 7) is 3.18. The second-order valence-electron chi connectivity index (χ2n) is 4.75. The molecule has 1 aliphatic rings. The molecule has 0 spiro atoms. The van der Waals surface area contributed by atoms with Crippen molar-refractivity contribution in [2.75, 3.05) is 11.9 Å². The van der Waals surface area contributed by atoms with Gasteiger partial charge in [0.2, 0.25) is 0 Å². The Balaban J connectivity index is 1.62. The molecule has 1 N–H and O–H groups in total. The predicted molar refractivity (Wildman–Crippen MR) is 79.5 cm³/mol. The zero-order valence-electron chi connectivity index (χ0n) is 10.5. The first-order valence-corrected chi connectivity index (χ1v) is 7.25. The van der Waals surface area contributed by atoms with Gasteiger partial charge in [-0.25, -0.2) is 0 Å². The summed E-state index contributed by atoms with van der Waals surface area (Å²) in [5.41, 5.74) is 4.08. The Labute approximate surface area is 113 Å². The first kappa shape index (κ1) is 11.7. The molecule has 0 amide bonds. The van der Waals surface area contributed by atoms with Gasteiger partial charge >= 0.3 is 0 Å². The maximum Gasteiger partial charge on any atom is 0.0370 e. The van der Waals surface area contributed by atoms with Crippen molar-refractivity contribution in [3.8, 4) is 0 Å². The predicted octanol–water partition coefficient (Wildman–Crippen LogP) is 4.12. The van der Waals surface area contributed by atoms with Crippen LogP contribution in [0.25, 0.3) is 0 Å². The molecular formula is C16H17NS. The normalized spacial score (nSPS) is 17.5. The highest BCUT2D eigenvalue weighted by Gasteiger charge is 2.21. The van der Waals surface area contributed by atoms with Gasteiger partial charge in [0.05, 0.1) is 0 Å². The van der Waals surface area contributed by atoms with Crippen LogP contribution in [0, 0.1) is 6.92 Å². The molecule has 18 heavy (non-hydrogen) atoms. The summed E-state index contributed by atoms with van der Waals surface area (Å²) in [7, 11) is 0. The molecule has 92 valence electrons. The molecule has 1 unspecified atom stereocenters. The fourth-order valence-electron chi connectivity index (χ4n) is 2.36. The van der Waals surface area contributed by atoms with E-state index in [1.807, 2.05) is 11.8 Å². The van der Waals surface area contributed by atoms with Gasteiger partial charge in [-0.1, -0.05) is 36.4 Å². The van der Waals surface area contributed by atoms with Crippen LogP contribution >= 0.6 is 11.8 Å². The summed E-state index contributed by atoms with van der Waals surface area (Å²) in [6, 6.07) is 17.2. The van der Waals surface area contributed by atoms with Crippen molar-refractivity contribution in [2.45, 2.75) is 23.5 Å². The van der Waals surface area contributed by atoms with Crippen molar-refractivity contribution in [1.82, 2.24) is 0 Å². The minimum Gasteiger partial charge on any atom is -0.384 e. The number of anilines is 1. The van der Waals surface area contributed by atoms with E-state index < -0.39 is 0 Å². The highest BCUT2D eigenvalue weighted by Crippen LogP contribution is 2.36. The van der Waals surface area contributed by atoms with Crippen molar-refractivity contribution < 1.29 is 0 Å². The Morgan fingerprint density at radius 2 is 1.89 bits per heavy atom. The van der Waals surface area contributed by atoms with Crippen LogP contribution in [-0.2, 0) is 6.42 Å². The number of rotatable bonds is 3. The van der Waals surface area contributed by atoms with Gasteiger partial charge in [-0.15, -0.1) is 11.8 Å². The first-order chi connectivity index (χ1) is 8.83. The zero-order chi connectivity index (χ0) is 12.4. The minimum absolute atomic E-state index is 0.655. The van der Waals surface area contributed by atoms with Gasteiger partial charge < -0.3 is 5.32 Å². The molecule has 2 heteroatoms. The smallest absolute Gasteiger partial charge is 0.0370 e. The van der Waals surface area contributed by atoms with Crippen LogP contribution in [0.15, 0.2) is 53.4 Å². The van der Waals surface area contributed by atoms with E-state index in [0.717, 1.165) is 6.54 Å². The van der Waals surface area contributed by atoms with Crippen LogP contribution < -0.4 is 5.32 Å². The van der Waals surface area contributed by atoms with E-state index >= 15 is 0 Å². The Hall–Kier alpha value is -1.41. The number of para-hydroxylation sites is 1. The molecule has 0 aromatic heterocycles. The van der Waals surface area contributed by atoms with Gasteiger partial charge in [-0.05, 0) is 36.6 Å². The third-order valence-corrected chi connectivity index (χ3v) is 4.70. The summed E-state index contributed by atoms with van der Waals surface area (Å²) < 4.78 is 0. The number of nitrogens with one attached hydrogen (secondary N) is 1. The SMILES string of the molecule is Cc1ccccc1NCC1Cc2ccccc2S1. The Morgan fingerprint density at radius 1 is 1.11 bits per heavy atom. The van der Waals surface area contributed by atoms with Crippen molar-refractivity contribution in [2.24, 2.45) is 0 Å². The summed E-state index contributed by atoms with van der Waals surface area (Å²) in [6.07, 6.45) is 1.18. The van der Waals surface area contributed by atoms with Crippen molar-refractivity contribution in [3.05, 3.63) is 59.7 Å². The summed E-state index contributed by atoms with van der Waals surface area (Å²) >= 11 is 2.00. The molecule has 2 aromatic rings. The van der Waals surface area contributed by atoms with Crippen molar-refractivity contribution in [1.29, 1.82) is 0 Å². The lowest BCUT2D eigenvalue weighted by Gasteiger charge is -2.13. The highest BCUT2D eigenvalue weighted by atomic mass is 32.2. The van der Waals surface area contributed by atoms with E-state index in [2.05, 4.69) is 60.8 Å². The second-order valence-corrected chi connectivity index (χ2v) is 6.09. The molecule has 1 aliphatic heterocycles. The van der Waals surface area contributed by atoms with E-state index in [1.54, 1.807) is 0 Å². The largest absolute Gasteiger partial charge is 0.384 e. The average molecular weight is 255 g/mol. The van der Waals surface area contributed by atoms with Crippen LogP contribution in [0.4, 0.5) is 5.69 Å². The van der Waals surface area contributed by atoms with E-state index in [0.29, 0.717) is 5.25 Å². The summed E-state index contributed by atoms with van der Waals surface area (Å²) in [4.78, 5) is 1.45. The van der Waals surface area contributed by atoms with E-state index in [4.69, 9.17) is 0 Å². The third kappa shape index (κ3) is 2.39. The first-order valence-electron chi connectivity index (χ1n) is 6.37. The Morgan fingerprint density at radius 3 is 2.72 bits per heavy atom. The standard InChI is InChI=1S/C16H17NS/c1-12-6-2-4-8-15(12)17-11-14-10-13-7-3-5-9-16(13)18-14/h2-9,14,17H,10-11H2,1H3. The van der Waals surface area contributed by atoms with E-state index in [-0.39, 0.29) is 0 Å². The lowest BCUT2D eigenvalue weighted by Crippen LogP contribution is -2.16. The topological polar surface area (TPSA) is 12.0 Å². The number of benzene rings is 2. The molecule has 2 aromatic carbocycles. The maximum atomic E-state index is 3.57. The maximum absolute atomic E-state index is 3.57. The molecule has 0 saturated heterocycles. The van der Waals surface area contributed by atoms with Crippen molar-refractivity contribution >= 4 is 17.4 Å². The molecule has 0 fully saturated rings. The molecule has 0 radical (unpaired) electrons. The van der Waals surface area contributed by atoms with E-state index in [9.17, 15) is 0 Å². The van der Waals surface area contributed by atoms with Crippen molar-refractivity contribution in [3.63, 3.8) is 0 Å². The van der Waals surface area contributed by atoms with Crippen LogP contribution in [-0.4, -0.2) is 11.8 Å². The number of fused-ring (bicyclic) bond motifs is 1. The lowest BCUT2D eigenvalue weighted by atomic mass is 10.1. The molecule has 1 nitrogen and oxygen atoms in total. The fourth-order valence-corrected chi connectivity index (χ4v) is 3.61. The van der Waals surface area contributed by atoms with Gasteiger partial charge in [-0.3, -0.25) is 0 Å². The summed E-state index contributed by atoms with van der Waals surface area (Å²) in [5.74, 6) is 0. The van der Waals surface area contributed by atoms with Gasteiger partial charge in [0, 0.05) is 22.4 Å². The quantitative estimate of drug-likeness (QED) is 0.885. The van der Waals surface area contributed by atoms with Gasteiger partial charge in [0.25, 0.3) is 0 Å².